The maximum atomic E-state index is 12.3. The van der Waals surface area contributed by atoms with Crippen molar-refractivity contribution in [1.82, 2.24) is 9.80 Å². The molecule has 1 aromatic carbocycles. The largest absolute Gasteiger partial charge is 0.395 e. The van der Waals surface area contributed by atoms with Gasteiger partial charge in [0, 0.05) is 38.0 Å². The molecule has 5 heteroatoms. The maximum Gasteiger partial charge on any atom is 0.232 e. The van der Waals surface area contributed by atoms with Gasteiger partial charge in [-0.05, 0) is 18.9 Å². The number of carbonyl (C=O) groups excluding carboxylic acids is 1. The highest BCUT2D eigenvalue weighted by molar-refractivity contribution is 7.99. The van der Waals surface area contributed by atoms with E-state index in [4.69, 9.17) is 0 Å². The van der Waals surface area contributed by atoms with Gasteiger partial charge in [-0.1, -0.05) is 36.8 Å². The minimum atomic E-state index is 0.205. The molecular weight excluding hydrogens is 308 g/mol. The molecule has 0 spiro atoms. The van der Waals surface area contributed by atoms with Gasteiger partial charge in [0.2, 0.25) is 5.91 Å². The predicted molar refractivity (Wildman–Crippen MR) is 96.7 cm³/mol. The lowest BCUT2D eigenvalue weighted by Crippen LogP contribution is -2.53. The van der Waals surface area contributed by atoms with Crippen LogP contribution in [0.1, 0.15) is 24.5 Å². The Labute approximate surface area is 143 Å². The molecule has 1 saturated heterocycles. The van der Waals surface area contributed by atoms with E-state index in [0.717, 1.165) is 38.4 Å². The Kier molecular flexibility index (Phi) is 7.40. The number of piperazine rings is 1. The number of hydrogen-bond donors (Lipinski definition) is 1. The molecule has 1 N–H and O–H groups in total. The maximum absolute atomic E-state index is 12.3. The zero-order valence-corrected chi connectivity index (χ0v) is 15.0. The molecule has 1 amide bonds. The normalized spacial score (nSPS) is 17.3. The molecule has 1 fully saturated rings. The molecule has 0 bridgehead atoms. The van der Waals surface area contributed by atoms with E-state index in [2.05, 4.69) is 43.0 Å². The van der Waals surface area contributed by atoms with E-state index in [0.29, 0.717) is 5.75 Å². The lowest BCUT2D eigenvalue weighted by atomic mass is 10.1. The van der Waals surface area contributed by atoms with Crippen molar-refractivity contribution < 1.29 is 9.90 Å². The van der Waals surface area contributed by atoms with Gasteiger partial charge in [0.1, 0.15) is 0 Å². The third-order valence-electron chi connectivity index (χ3n) is 4.44. The molecule has 0 aliphatic carbocycles. The number of hydrogen-bond acceptors (Lipinski definition) is 4. The first-order chi connectivity index (χ1) is 11.1. The predicted octanol–water partition coefficient (Wildman–Crippen LogP) is 2.14. The molecule has 2 rings (SSSR count). The van der Waals surface area contributed by atoms with E-state index < -0.39 is 0 Å². The van der Waals surface area contributed by atoms with Crippen molar-refractivity contribution in [3.05, 3.63) is 35.4 Å². The van der Waals surface area contributed by atoms with Gasteiger partial charge in [-0.25, -0.2) is 0 Å². The van der Waals surface area contributed by atoms with Crippen molar-refractivity contribution >= 4 is 17.7 Å². The van der Waals surface area contributed by atoms with Crippen molar-refractivity contribution in [2.45, 2.75) is 32.1 Å². The standard InChI is InChI=1S/C18H28N2O2S/c1-3-17(12-21)19-7-9-20(10-8-19)18(22)14-23-13-16-6-4-5-15(2)11-16/h4-6,11,17,21H,3,7-10,12-14H2,1-2H3. The molecule has 128 valence electrons. The summed E-state index contributed by atoms with van der Waals surface area (Å²) in [6, 6.07) is 8.69. The van der Waals surface area contributed by atoms with E-state index in [1.54, 1.807) is 11.8 Å². The molecule has 0 saturated carbocycles. The molecule has 1 aliphatic heterocycles. The summed E-state index contributed by atoms with van der Waals surface area (Å²) < 4.78 is 0. The first-order valence-corrected chi connectivity index (χ1v) is 9.55. The fraction of sp³-hybridized carbons (Fsp3) is 0.611. The van der Waals surface area contributed by atoms with E-state index in [9.17, 15) is 9.90 Å². The Bertz CT molecular complexity index is 498. The minimum absolute atomic E-state index is 0.205. The highest BCUT2D eigenvalue weighted by Gasteiger charge is 2.24. The Morgan fingerprint density at radius 2 is 2.04 bits per heavy atom. The zero-order chi connectivity index (χ0) is 16.7. The smallest absolute Gasteiger partial charge is 0.232 e. The van der Waals surface area contributed by atoms with Crippen LogP contribution in [0.2, 0.25) is 0 Å². The van der Waals surface area contributed by atoms with E-state index in [1.165, 1.54) is 11.1 Å². The number of nitrogens with zero attached hydrogens (tertiary/aromatic N) is 2. The second-order valence-corrected chi connectivity index (χ2v) is 7.13. The molecule has 23 heavy (non-hydrogen) atoms. The molecule has 1 heterocycles. The van der Waals surface area contributed by atoms with Crippen LogP contribution in [0.3, 0.4) is 0 Å². The van der Waals surface area contributed by atoms with Crippen molar-refractivity contribution in [1.29, 1.82) is 0 Å². The summed E-state index contributed by atoms with van der Waals surface area (Å²) in [5.41, 5.74) is 2.54. The number of thioether (sulfide) groups is 1. The fourth-order valence-corrected chi connectivity index (χ4v) is 3.86. The quantitative estimate of drug-likeness (QED) is 0.828. The Morgan fingerprint density at radius 1 is 1.30 bits per heavy atom. The van der Waals surface area contributed by atoms with Crippen molar-refractivity contribution in [2.75, 3.05) is 38.5 Å². The molecule has 1 aliphatic rings. The van der Waals surface area contributed by atoms with E-state index >= 15 is 0 Å². The van der Waals surface area contributed by atoms with Crippen LogP contribution in [-0.4, -0.2) is 65.4 Å². The SMILES string of the molecule is CCC(CO)N1CCN(C(=O)CSCc2cccc(C)c2)CC1. The first-order valence-electron chi connectivity index (χ1n) is 8.40. The summed E-state index contributed by atoms with van der Waals surface area (Å²) in [6.45, 7) is 7.69. The van der Waals surface area contributed by atoms with Gasteiger partial charge >= 0.3 is 0 Å². The van der Waals surface area contributed by atoms with E-state index in [1.807, 2.05) is 4.90 Å². The number of aliphatic hydroxyl groups is 1. The van der Waals surface area contributed by atoms with Gasteiger partial charge in [-0.2, -0.15) is 0 Å². The summed E-state index contributed by atoms with van der Waals surface area (Å²) >= 11 is 1.69. The molecular formula is C18H28N2O2S. The summed E-state index contributed by atoms with van der Waals surface area (Å²) in [7, 11) is 0. The lowest BCUT2D eigenvalue weighted by Gasteiger charge is -2.38. The Morgan fingerprint density at radius 3 is 2.65 bits per heavy atom. The van der Waals surface area contributed by atoms with E-state index in [-0.39, 0.29) is 18.6 Å². The molecule has 0 aromatic heterocycles. The minimum Gasteiger partial charge on any atom is -0.395 e. The molecule has 1 atom stereocenters. The lowest BCUT2D eigenvalue weighted by molar-refractivity contribution is -0.130. The monoisotopic (exact) mass is 336 g/mol. The van der Waals surface area contributed by atoms with Crippen molar-refractivity contribution in [2.24, 2.45) is 0 Å². The van der Waals surface area contributed by atoms with Crippen molar-refractivity contribution in [3.8, 4) is 0 Å². The average molecular weight is 337 g/mol. The number of aryl methyl sites for hydroxylation is 1. The topological polar surface area (TPSA) is 43.8 Å². The van der Waals surface area contributed by atoms with Gasteiger partial charge in [-0.15, -0.1) is 11.8 Å². The summed E-state index contributed by atoms with van der Waals surface area (Å²) in [4.78, 5) is 16.6. The highest BCUT2D eigenvalue weighted by atomic mass is 32.2. The molecule has 1 unspecified atom stereocenters. The molecule has 0 radical (unpaired) electrons. The average Bonchev–Trinajstić information content (AvgIpc) is 2.56. The summed E-state index contributed by atoms with van der Waals surface area (Å²) in [6.07, 6.45) is 0.955. The van der Waals surface area contributed by atoms with Crippen LogP contribution in [0.5, 0.6) is 0 Å². The van der Waals surface area contributed by atoms with Crippen molar-refractivity contribution in [3.63, 3.8) is 0 Å². The third kappa shape index (κ3) is 5.52. The van der Waals surface area contributed by atoms with Crippen LogP contribution < -0.4 is 0 Å². The van der Waals surface area contributed by atoms with Gasteiger partial charge in [0.25, 0.3) is 0 Å². The fourth-order valence-electron chi connectivity index (χ4n) is 2.99. The summed E-state index contributed by atoms with van der Waals surface area (Å²) in [5.74, 6) is 1.67. The van der Waals surface area contributed by atoms with Crippen LogP contribution in [0.4, 0.5) is 0 Å². The molecule has 1 aromatic rings. The van der Waals surface area contributed by atoms with Crippen LogP contribution in [0, 0.1) is 6.92 Å². The highest BCUT2D eigenvalue weighted by Crippen LogP contribution is 2.15. The number of rotatable bonds is 7. The van der Waals surface area contributed by atoms with Gasteiger partial charge in [0.15, 0.2) is 0 Å². The third-order valence-corrected chi connectivity index (χ3v) is 5.43. The first kappa shape index (κ1) is 18.3. The van der Waals surface area contributed by atoms with Gasteiger partial charge < -0.3 is 10.0 Å². The van der Waals surface area contributed by atoms with Crippen LogP contribution >= 0.6 is 11.8 Å². The second kappa shape index (κ2) is 9.30. The van der Waals surface area contributed by atoms with Crippen LogP contribution in [0.15, 0.2) is 24.3 Å². The number of aliphatic hydroxyl groups excluding tert-OH is 1. The molecule has 4 nitrogen and oxygen atoms in total. The van der Waals surface area contributed by atoms with Gasteiger partial charge in [0.05, 0.1) is 12.4 Å². The zero-order valence-electron chi connectivity index (χ0n) is 14.2. The number of benzene rings is 1. The van der Waals surface area contributed by atoms with Crippen LogP contribution in [0.25, 0.3) is 0 Å². The summed E-state index contributed by atoms with van der Waals surface area (Å²) in [5, 5.41) is 9.37. The Hall–Kier alpha value is -1.04. The van der Waals surface area contributed by atoms with Crippen LogP contribution in [-0.2, 0) is 10.5 Å². The second-order valence-electron chi connectivity index (χ2n) is 6.14. The number of amides is 1. The van der Waals surface area contributed by atoms with Gasteiger partial charge in [-0.3, -0.25) is 9.69 Å². The number of carbonyl (C=O) groups is 1. The Balaban J connectivity index is 1.71.